The fourth-order valence-corrected chi connectivity index (χ4v) is 11.5. The molecule has 4 aliphatic carbocycles. The Hall–Kier alpha value is -1.93. The van der Waals surface area contributed by atoms with Gasteiger partial charge >= 0.3 is 17.9 Å². The third kappa shape index (κ3) is 4.54. The van der Waals surface area contributed by atoms with E-state index >= 15 is 0 Å². The number of nitrogens with two attached hydrogens (primary N) is 1. The minimum absolute atomic E-state index is 0.173. The molecular formula is C36H57NO7. The number of carboxylic acid groups (broad SMARTS) is 1. The molecule has 44 heavy (non-hydrogen) atoms. The van der Waals surface area contributed by atoms with E-state index < -0.39 is 52.9 Å². The van der Waals surface area contributed by atoms with Crippen LogP contribution in [0.4, 0.5) is 0 Å². The molecule has 0 spiro atoms. The van der Waals surface area contributed by atoms with Crippen molar-refractivity contribution < 1.29 is 33.7 Å². The highest BCUT2D eigenvalue weighted by atomic mass is 16.6. The maximum absolute atomic E-state index is 13.3. The fraction of sp³-hybridized carbons (Fsp3) is 0.861. The Morgan fingerprint density at radius 2 is 1.73 bits per heavy atom. The van der Waals surface area contributed by atoms with Crippen LogP contribution in [0.15, 0.2) is 11.6 Å². The smallest absolute Gasteiger partial charge is 0.323 e. The molecule has 2 unspecified atom stereocenters. The summed E-state index contributed by atoms with van der Waals surface area (Å²) in [4.78, 5) is 38.8. The standard InChI is InChI=1S/C36H57NO7/c1-10-25(37)31(41)44-29-26(43-22(5)38)17-36-19-42-18-33(29,7)27(36)12-11-23-24(36)13-14-35(9)28(30(39)40)32(6,21(4)20(2)3)15-16-34(23,35)8/h13,20-21,23,25-29H,10-12,14-19,37H2,1-9H3,(H,39,40)/t21?,23-,25?,26+,27-,28+,29-,32+,33-,34+,35-,36-/m0/s1. The summed E-state index contributed by atoms with van der Waals surface area (Å²) >= 11 is 0. The molecule has 0 aromatic carbocycles. The molecule has 1 heterocycles. The molecule has 1 saturated heterocycles. The zero-order valence-corrected chi connectivity index (χ0v) is 28.5. The summed E-state index contributed by atoms with van der Waals surface area (Å²) in [6.45, 7) is 19.9. The molecule has 12 atom stereocenters. The first-order chi connectivity index (χ1) is 20.4. The van der Waals surface area contributed by atoms with Crippen molar-refractivity contribution in [3.05, 3.63) is 11.6 Å². The predicted octanol–water partition coefficient (Wildman–Crippen LogP) is 6.16. The monoisotopic (exact) mass is 615 g/mol. The Labute approximate surface area is 264 Å². The highest BCUT2D eigenvalue weighted by molar-refractivity contribution is 5.76. The van der Waals surface area contributed by atoms with E-state index in [1.54, 1.807) is 0 Å². The minimum Gasteiger partial charge on any atom is -0.481 e. The van der Waals surface area contributed by atoms with E-state index in [1.165, 1.54) is 12.5 Å². The van der Waals surface area contributed by atoms with E-state index in [0.29, 0.717) is 38.4 Å². The Bertz CT molecular complexity index is 1210. The second-order valence-corrected chi connectivity index (χ2v) is 16.6. The van der Waals surface area contributed by atoms with Crippen molar-refractivity contribution >= 4 is 17.9 Å². The van der Waals surface area contributed by atoms with Crippen molar-refractivity contribution in [1.29, 1.82) is 0 Å². The molecule has 0 radical (unpaired) electrons. The average Bonchev–Trinajstić information content (AvgIpc) is 2.94. The lowest BCUT2D eigenvalue weighted by molar-refractivity contribution is -0.263. The molecule has 248 valence electrons. The SMILES string of the molecule is CCC(N)C(=O)O[C@H]1[C@H](OC(C)=O)C[C@@]23COC[C@@]1(C)[C@@H]2CC[C@H]1C3=CC[C@@]2(C)[C@H](C(=O)O)[C@@](C)(C(C)C(C)C)CC[C@]12C. The zero-order chi connectivity index (χ0) is 32.6. The summed E-state index contributed by atoms with van der Waals surface area (Å²) in [5.74, 6) is -0.949. The molecule has 8 nitrogen and oxygen atoms in total. The lowest BCUT2D eigenvalue weighted by atomic mass is 9.34. The summed E-state index contributed by atoms with van der Waals surface area (Å²) in [7, 11) is 0. The van der Waals surface area contributed by atoms with Crippen LogP contribution in [0.3, 0.4) is 0 Å². The first-order valence-corrected chi connectivity index (χ1v) is 17.1. The largest absolute Gasteiger partial charge is 0.481 e. The molecule has 3 saturated carbocycles. The highest BCUT2D eigenvalue weighted by Gasteiger charge is 2.72. The van der Waals surface area contributed by atoms with Crippen molar-refractivity contribution in [3.63, 3.8) is 0 Å². The van der Waals surface area contributed by atoms with Gasteiger partial charge in [-0.25, -0.2) is 0 Å². The second kappa shape index (κ2) is 11.1. The lowest BCUT2D eigenvalue weighted by Crippen LogP contribution is -2.70. The molecule has 5 aliphatic rings. The number of carbonyl (C=O) groups excluding carboxylic acids is 2. The normalized spacial score (nSPS) is 46.0. The topological polar surface area (TPSA) is 125 Å². The summed E-state index contributed by atoms with van der Waals surface area (Å²) < 4.78 is 18.6. The first-order valence-electron chi connectivity index (χ1n) is 17.1. The van der Waals surface area contributed by atoms with E-state index in [-0.39, 0.29) is 34.0 Å². The number of allylic oxidation sites excluding steroid dienone is 1. The van der Waals surface area contributed by atoms with Gasteiger partial charge < -0.3 is 25.1 Å². The van der Waals surface area contributed by atoms with Crippen LogP contribution in [0, 0.1) is 56.7 Å². The van der Waals surface area contributed by atoms with E-state index in [1.807, 2.05) is 6.92 Å². The summed E-state index contributed by atoms with van der Waals surface area (Å²) in [5.41, 5.74) is 5.58. The molecular weight excluding hydrogens is 558 g/mol. The van der Waals surface area contributed by atoms with Gasteiger partial charge in [-0.3, -0.25) is 14.4 Å². The van der Waals surface area contributed by atoms with Crippen molar-refractivity contribution in [3.8, 4) is 0 Å². The number of fused-ring (bicyclic) bond motifs is 3. The molecule has 5 rings (SSSR count). The Morgan fingerprint density at radius 3 is 2.32 bits per heavy atom. The van der Waals surface area contributed by atoms with E-state index in [9.17, 15) is 19.5 Å². The number of hydrogen-bond donors (Lipinski definition) is 2. The summed E-state index contributed by atoms with van der Waals surface area (Å²) in [6.07, 6.45) is 6.52. The minimum atomic E-state index is -0.736. The molecule has 0 amide bonds. The van der Waals surface area contributed by atoms with Gasteiger partial charge in [0.1, 0.15) is 18.2 Å². The van der Waals surface area contributed by atoms with Crippen molar-refractivity contribution in [2.24, 2.45) is 62.4 Å². The van der Waals surface area contributed by atoms with Gasteiger partial charge in [0.2, 0.25) is 0 Å². The van der Waals surface area contributed by atoms with Crippen LogP contribution in [-0.4, -0.2) is 54.5 Å². The first kappa shape index (κ1) is 33.4. The van der Waals surface area contributed by atoms with Crippen molar-refractivity contribution in [2.75, 3.05) is 13.2 Å². The highest BCUT2D eigenvalue weighted by Crippen LogP contribution is 2.75. The van der Waals surface area contributed by atoms with Gasteiger partial charge in [-0.2, -0.15) is 0 Å². The number of rotatable bonds is 7. The van der Waals surface area contributed by atoms with Crippen molar-refractivity contribution in [2.45, 2.75) is 126 Å². The van der Waals surface area contributed by atoms with Crippen LogP contribution in [0.2, 0.25) is 0 Å². The number of hydrogen-bond acceptors (Lipinski definition) is 7. The third-order valence-electron chi connectivity index (χ3n) is 14.4. The number of carboxylic acids is 1. The van der Waals surface area contributed by atoms with E-state index in [0.717, 1.165) is 25.7 Å². The Balaban J connectivity index is 1.59. The Morgan fingerprint density at radius 1 is 1.05 bits per heavy atom. The van der Waals surface area contributed by atoms with Gasteiger partial charge in [-0.05, 0) is 84.9 Å². The average molecular weight is 616 g/mol. The third-order valence-corrected chi connectivity index (χ3v) is 14.4. The molecule has 8 heteroatoms. The lowest BCUT2D eigenvalue weighted by Gasteiger charge is -2.71. The maximum atomic E-state index is 13.3. The molecule has 4 fully saturated rings. The molecule has 0 aromatic rings. The van der Waals surface area contributed by atoms with Crippen LogP contribution in [0.1, 0.15) is 107 Å². The van der Waals surface area contributed by atoms with Crippen LogP contribution < -0.4 is 5.73 Å². The predicted molar refractivity (Wildman–Crippen MR) is 167 cm³/mol. The van der Waals surface area contributed by atoms with Crippen LogP contribution in [0.5, 0.6) is 0 Å². The van der Waals surface area contributed by atoms with Crippen LogP contribution in [0.25, 0.3) is 0 Å². The van der Waals surface area contributed by atoms with Gasteiger partial charge in [0.05, 0.1) is 19.1 Å². The zero-order valence-electron chi connectivity index (χ0n) is 28.5. The maximum Gasteiger partial charge on any atom is 0.323 e. The van der Waals surface area contributed by atoms with Crippen LogP contribution >= 0.6 is 0 Å². The molecule has 1 aliphatic heterocycles. The number of esters is 2. The Kier molecular flexibility index (Phi) is 8.44. The summed E-state index contributed by atoms with van der Waals surface area (Å²) in [5, 5.41) is 10.9. The van der Waals surface area contributed by atoms with Gasteiger partial charge in [0.15, 0.2) is 0 Å². The van der Waals surface area contributed by atoms with Gasteiger partial charge in [-0.1, -0.05) is 67.0 Å². The van der Waals surface area contributed by atoms with Gasteiger partial charge in [-0.15, -0.1) is 0 Å². The molecule has 2 bridgehead atoms. The van der Waals surface area contributed by atoms with E-state index in [4.69, 9.17) is 19.9 Å². The van der Waals surface area contributed by atoms with Gasteiger partial charge in [0, 0.05) is 17.8 Å². The summed E-state index contributed by atoms with van der Waals surface area (Å²) in [6, 6.07) is -0.736. The molecule has 3 N–H and O–H groups in total. The number of aliphatic carboxylic acids is 1. The number of carbonyl (C=O) groups is 3. The van der Waals surface area contributed by atoms with Crippen LogP contribution in [-0.2, 0) is 28.6 Å². The fourth-order valence-electron chi connectivity index (χ4n) is 11.5. The molecule has 0 aromatic heterocycles. The second-order valence-electron chi connectivity index (χ2n) is 16.6. The number of ether oxygens (including phenoxy) is 3. The van der Waals surface area contributed by atoms with E-state index in [2.05, 4.69) is 54.5 Å². The quantitative estimate of drug-likeness (QED) is 0.258. The van der Waals surface area contributed by atoms with Gasteiger partial charge in [0.25, 0.3) is 0 Å². The van der Waals surface area contributed by atoms with Crippen molar-refractivity contribution in [1.82, 2.24) is 0 Å².